The molecule has 1 aliphatic heterocycles. The van der Waals surface area contributed by atoms with Gasteiger partial charge in [-0.05, 0) is 12.8 Å². The predicted molar refractivity (Wildman–Crippen MR) is 56.7 cm³/mol. The van der Waals surface area contributed by atoms with Crippen molar-refractivity contribution in [2.45, 2.75) is 12.8 Å². The summed E-state index contributed by atoms with van der Waals surface area (Å²) in [5, 5.41) is 6.28. The summed E-state index contributed by atoms with van der Waals surface area (Å²) >= 11 is 0. The van der Waals surface area contributed by atoms with Gasteiger partial charge in [0.25, 0.3) is 0 Å². The molecule has 3 N–H and O–H groups in total. The summed E-state index contributed by atoms with van der Waals surface area (Å²) in [6.07, 6.45) is 4.16. The summed E-state index contributed by atoms with van der Waals surface area (Å²) < 4.78 is 9.89. The van der Waals surface area contributed by atoms with Crippen molar-refractivity contribution in [3.05, 3.63) is 12.5 Å². The van der Waals surface area contributed by atoms with Crippen LogP contribution < -0.4 is 11.1 Å². The SMILES string of the molecule is NCC1(C(=O)Nc2cnoc2)CCOCC1. The van der Waals surface area contributed by atoms with Crippen LogP contribution in [0.5, 0.6) is 0 Å². The van der Waals surface area contributed by atoms with Gasteiger partial charge in [-0.15, -0.1) is 0 Å². The minimum absolute atomic E-state index is 0.0819. The second-order valence-electron chi connectivity index (χ2n) is 3.96. The minimum atomic E-state index is -0.518. The Morgan fingerprint density at radius 1 is 1.56 bits per heavy atom. The van der Waals surface area contributed by atoms with Gasteiger partial charge in [0.15, 0.2) is 0 Å². The predicted octanol–water partition coefficient (Wildman–Crippen LogP) is 0.369. The van der Waals surface area contributed by atoms with Crippen LogP contribution >= 0.6 is 0 Å². The van der Waals surface area contributed by atoms with Gasteiger partial charge < -0.3 is 20.3 Å². The largest absolute Gasteiger partial charge is 0.381 e. The molecule has 1 aliphatic rings. The van der Waals surface area contributed by atoms with Crippen molar-refractivity contribution < 1.29 is 14.1 Å². The van der Waals surface area contributed by atoms with Crippen LogP contribution in [0, 0.1) is 5.41 Å². The number of nitrogens with one attached hydrogen (secondary N) is 1. The number of aromatic nitrogens is 1. The van der Waals surface area contributed by atoms with Gasteiger partial charge in [0.1, 0.15) is 12.0 Å². The van der Waals surface area contributed by atoms with Crippen molar-refractivity contribution in [1.29, 1.82) is 0 Å². The van der Waals surface area contributed by atoms with E-state index in [4.69, 9.17) is 10.5 Å². The smallest absolute Gasteiger partial charge is 0.232 e. The highest BCUT2D eigenvalue weighted by molar-refractivity contribution is 5.95. The molecular weight excluding hydrogens is 210 g/mol. The summed E-state index contributed by atoms with van der Waals surface area (Å²) in [5.41, 5.74) is 5.75. The fraction of sp³-hybridized carbons (Fsp3) is 0.600. The molecule has 6 nitrogen and oxygen atoms in total. The molecule has 0 unspecified atom stereocenters. The van der Waals surface area contributed by atoms with Crippen LogP contribution in [0.4, 0.5) is 5.69 Å². The van der Waals surface area contributed by atoms with Crippen molar-refractivity contribution in [2.75, 3.05) is 25.1 Å². The number of ether oxygens (including phenoxy) is 1. The van der Waals surface area contributed by atoms with E-state index >= 15 is 0 Å². The topological polar surface area (TPSA) is 90.4 Å². The highest BCUT2D eigenvalue weighted by Crippen LogP contribution is 2.30. The number of nitrogens with zero attached hydrogens (tertiary/aromatic N) is 1. The number of amides is 1. The van der Waals surface area contributed by atoms with Crippen molar-refractivity contribution >= 4 is 11.6 Å². The van der Waals surface area contributed by atoms with Crippen LogP contribution in [0.1, 0.15) is 12.8 Å². The first-order valence-corrected chi connectivity index (χ1v) is 5.25. The molecule has 1 amide bonds. The van der Waals surface area contributed by atoms with Crippen LogP contribution in [0.2, 0.25) is 0 Å². The average molecular weight is 225 g/mol. The van der Waals surface area contributed by atoms with E-state index in [-0.39, 0.29) is 5.91 Å². The minimum Gasteiger partial charge on any atom is -0.381 e. The molecule has 2 heterocycles. The van der Waals surface area contributed by atoms with Crippen LogP contribution in [0.15, 0.2) is 17.0 Å². The zero-order chi connectivity index (χ0) is 11.4. The molecule has 0 saturated carbocycles. The van der Waals surface area contributed by atoms with E-state index in [0.717, 1.165) is 0 Å². The summed E-state index contributed by atoms with van der Waals surface area (Å²) in [6, 6.07) is 0. The number of nitrogens with two attached hydrogens (primary N) is 1. The highest BCUT2D eigenvalue weighted by Gasteiger charge is 2.38. The number of anilines is 1. The lowest BCUT2D eigenvalue weighted by Crippen LogP contribution is -2.46. The maximum Gasteiger partial charge on any atom is 0.232 e. The van der Waals surface area contributed by atoms with Gasteiger partial charge in [-0.1, -0.05) is 5.16 Å². The quantitative estimate of drug-likeness (QED) is 0.775. The first-order valence-electron chi connectivity index (χ1n) is 5.25. The Morgan fingerprint density at radius 2 is 2.31 bits per heavy atom. The lowest BCUT2D eigenvalue weighted by Gasteiger charge is -2.34. The molecule has 2 rings (SSSR count). The Morgan fingerprint density at radius 3 is 2.88 bits per heavy atom. The van der Waals surface area contributed by atoms with E-state index in [1.807, 2.05) is 0 Å². The van der Waals surface area contributed by atoms with Crippen molar-refractivity contribution in [3.8, 4) is 0 Å². The maximum atomic E-state index is 12.1. The van der Waals surface area contributed by atoms with E-state index in [2.05, 4.69) is 15.0 Å². The van der Waals surface area contributed by atoms with Gasteiger partial charge in [0.2, 0.25) is 5.91 Å². The second kappa shape index (κ2) is 4.63. The fourth-order valence-corrected chi connectivity index (χ4v) is 1.82. The fourth-order valence-electron chi connectivity index (χ4n) is 1.82. The van der Waals surface area contributed by atoms with E-state index in [0.29, 0.717) is 38.3 Å². The van der Waals surface area contributed by atoms with Crippen LogP contribution in [-0.4, -0.2) is 30.8 Å². The van der Waals surface area contributed by atoms with Gasteiger partial charge in [-0.3, -0.25) is 4.79 Å². The maximum absolute atomic E-state index is 12.1. The first kappa shape index (κ1) is 11.1. The molecule has 6 heteroatoms. The second-order valence-corrected chi connectivity index (χ2v) is 3.96. The highest BCUT2D eigenvalue weighted by atomic mass is 16.5. The third-order valence-corrected chi connectivity index (χ3v) is 3.01. The Kier molecular flexibility index (Phi) is 3.21. The third-order valence-electron chi connectivity index (χ3n) is 3.01. The van der Waals surface area contributed by atoms with E-state index in [9.17, 15) is 4.79 Å². The number of hydrogen-bond donors (Lipinski definition) is 2. The van der Waals surface area contributed by atoms with Gasteiger partial charge in [-0.2, -0.15) is 0 Å². The zero-order valence-corrected chi connectivity index (χ0v) is 8.94. The number of carbonyl (C=O) groups excluding carboxylic acids is 1. The third kappa shape index (κ3) is 2.07. The molecular formula is C10H15N3O3. The monoisotopic (exact) mass is 225 g/mol. The molecule has 0 aromatic carbocycles. The molecule has 0 bridgehead atoms. The molecule has 0 aliphatic carbocycles. The van der Waals surface area contributed by atoms with Gasteiger partial charge in [-0.25, -0.2) is 0 Å². The first-order chi connectivity index (χ1) is 7.77. The van der Waals surface area contributed by atoms with Crippen LogP contribution in [-0.2, 0) is 9.53 Å². The number of carbonyl (C=O) groups is 1. The van der Waals surface area contributed by atoms with Crippen LogP contribution in [0.3, 0.4) is 0 Å². The lowest BCUT2D eigenvalue weighted by atomic mass is 9.79. The normalized spacial score (nSPS) is 19.3. The number of rotatable bonds is 3. The van der Waals surface area contributed by atoms with Crippen molar-refractivity contribution in [3.63, 3.8) is 0 Å². The van der Waals surface area contributed by atoms with Crippen molar-refractivity contribution in [1.82, 2.24) is 5.16 Å². The lowest BCUT2D eigenvalue weighted by molar-refractivity contribution is -0.130. The van der Waals surface area contributed by atoms with Gasteiger partial charge in [0, 0.05) is 19.8 Å². The molecule has 16 heavy (non-hydrogen) atoms. The van der Waals surface area contributed by atoms with E-state index < -0.39 is 5.41 Å². The zero-order valence-electron chi connectivity index (χ0n) is 8.94. The van der Waals surface area contributed by atoms with E-state index in [1.54, 1.807) is 0 Å². The Bertz CT molecular complexity index is 344. The Hall–Kier alpha value is -1.40. The van der Waals surface area contributed by atoms with Crippen LogP contribution in [0.25, 0.3) is 0 Å². The Balaban J connectivity index is 2.06. The average Bonchev–Trinajstić information content (AvgIpc) is 2.82. The van der Waals surface area contributed by atoms with Gasteiger partial charge >= 0.3 is 0 Å². The molecule has 0 spiro atoms. The Labute approximate surface area is 93.1 Å². The molecule has 88 valence electrons. The summed E-state index contributed by atoms with van der Waals surface area (Å²) in [6.45, 7) is 1.48. The van der Waals surface area contributed by atoms with E-state index in [1.165, 1.54) is 12.5 Å². The standard InChI is InChI=1S/C10H15N3O3/c11-7-10(1-3-15-4-2-10)9(14)13-8-5-12-16-6-8/h5-6H,1-4,7,11H2,(H,13,14). The molecule has 1 fully saturated rings. The molecule has 1 saturated heterocycles. The molecule has 1 aromatic heterocycles. The molecule has 0 atom stereocenters. The number of hydrogen-bond acceptors (Lipinski definition) is 5. The van der Waals surface area contributed by atoms with Crippen molar-refractivity contribution in [2.24, 2.45) is 11.1 Å². The molecule has 0 radical (unpaired) electrons. The molecule has 1 aromatic rings. The summed E-state index contributed by atoms with van der Waals surface area (Å²) in [4.78, 5) is 12.1. The van der Waals surface area contributed by atoms with Gasteiger partial charge in [0.05, 0.1) is 11.6 Å². The summed E-state index contributed by atoms with van der Waals surface area (Å²) in [7, 11) is 0. The summed E-state index contributed by atoms with van der Waals surface area (Å²) in [5.74, 6) is -0.0819.